The molecule has 0 aliphatic carbocycles. The zero-order chi connectivity index (χ0) is 18.8. The van der Waals surface area contributed by atoms with E-state index in [4.69, 9.17) is 29.1 Å². The van der Waals surface area contributed by atoms with E-state index in [1.165, 1.54) is 28.4 Å². The fraction of sp³-hybridized carbons (Fsp3) is 0.211. The van der Waals surface area contributed by atoms with Gasteiger partial charge in [0.2, 0.25) is 11.5 Å². The molecule has 136 valence electrons. The first-order valence-electron chi connectivity index (χ1n) is 7.75. The van der Waals surface area contributed by atoms with Gasteiger partial charge in [-0.05, 0) is 24.3 Å². The number of benzene rings is 2. The Balaban J connectivity index is 2.16. The summed E-state index contributed by atoms with van der Waals surface area (Å²) in [7, 11) is 5.98. The molecular formula is C19H19NO6. The number of furan rings is 1. The Bertz CT molecular complexity index is 951. The third kappa shape index (κ3) is 2.67. The molecule has 2 N–H and O–H groups in total. The lowest BCUT2D eigenvalue weighted by atomic mass is 10.1. The summed E-state index contributed by atoms with van der Waals surface area (Å²) in [6.07, 6.45) is 0. The van der Waals surface area contributed by atoms with Crippen LogP contribution < -0.4 is 24.7 Å². The van der Waals surface area contributed by atoms with E-state index in [0.717, 1.165) is 0 Å². The quantitative estimate of drug-likeness (QED) is 0.677. The average Bonchev–Trinajstić information content (AvgIpc) is 3.02. The van der Waals surface area contributed by atoms with Crippen molar-refractivity contribution in [1.29, 1.82) is 0 Å². The van der Waals surface area contributed by atoms with Crippen LogP contribution in [0.15, 0.2) is 34.7 Å². The number of nitrogens with two attached hydrogens (primary N) is 1. The molecule has 3 rings (SSSR count). The van der Waals surface area contributed by atoms with Gasteiger partial charge in [-0.2, -0.15) is 0 Å². The molecule has 0 aliphatic heterocycles. The second-order valence-corrected chi connectivity index (χ2v) is 5.42. The number of carbonyl (C=O) groups is 1. The smallest absolute Gasteiger partial charge is 0.230 e. The number of rotatable bonds is 6. The molecule has 0 radical (unpaired) electrons. The summed E-state index contributed by atoms with van der Waals surface area (Å²) in [6, 6.07) is 8.33. The Morgan fingerprint density at radius 1 is 0.923 bits per heavy atom. The molecule has 7 nitrogen and oxygen atoms in total. The van der Waals surface area contributed by atoms with Crippen LogP contribution in [0.25, 0.3) is 11.0 Å². The van der Waals surface area contributed by atoms with Gasteiger partial charge in [-0.1, -0.05) is 6.07 Å². The van der Waals surface area contributed by atoms with Gasteiger partial charge in [0.15, 0.2) is 17.3 Å². The molecule has 0 spiro atoms. The van der Waals surface area contributed by atoms with E-state index in [1.54, 1.807) is 30.3 Å². The third-order valence-electron chi connectivity index (χ3n) is 4.07. The normalized spacial score (nSPS) is 10.6. The maximum Gasteiger partial charge on any atom is 0.230 e. The van der Waals surface area contributed by atoms with Crippen molar-refractivity contribution < 1.29 is 28.2 Å². The lowest BCUT2D eigenvalue weighted by molar-refractivity contribution is 0.101. The summed E-state index contributed by atoms with van der Waals surface area (Å²) in [5.74, 6) is 1.28. The largest absolute Gasteiger partial charge is 0.496 e. The molecule has 2 aromatic carbocycles. The lowest BCUT2D eigenvalue weighted by Crippen LogP contribution is -2.05. The molecule has 7 heteroatoms. The van der Waals surface area contributed by atoms with Crippen molar-refractivity contribution in [1.82, 2.24) is 0 Å². The first-order chi connectivity index (χ1) is 12.5. The molecule has 0 saturated carbocycles. The monoisotopic (exact) mass is 357 g/mol. The summed E-state index contributed by atoms with van der Waals surface area (Å²) < 4.78 is 26.9. The van der Waals surface area contributed by atoms with E-state index in [-0.39, 0.29) is 11.4 Å². The molecule has 26 heavy (non-hydrogen) atoms. The predicted octanol–water partition coefficient (Wildman–Crippen LogP) is 3.28. The summed E-state index contributed by atoms with van der Waals surface area (Å²) in [5, 5.41) is 0.561. The van der Waals surface area contributed by atoms with Crippen LogP contribution in [0, 0.1) is 0 Å². The van der Waals surface area contributed by atoms with Crippen LogP contribution in [0.4, 0.5) is 5.69 Å². The van der Waals surface area contributed by atoms with Gasteiger partial charge < -0.3 is 29.1 Å². The zero-order valence-electron chi connectivity index (χ0n) is 14.9. The number of carbonyl (C=O) groups excluding carboxylic acids is 1. The van der Waals surface area contributed by atoms with Gasteiger partial charge in [0.25, 0.3) is 0 Å². The van der Waals surface area contributed by atoms with Gasteiger partial charge in [0.1, 0.15) is 11.3 Å². The molecular weight excluding hydrogens is 338 g/mol. The number of fused-ring (bicyclic) bond motifs is 1. The number of hydrogen-bond acceptors (Lipinski definition) is 7. The van der Waals surface area contributed by atoms with E-state index in [1.807, 2.05) is 0 Å². The lowest BCUT2D eigenvalue weighted by Gasteiger charge is -2.13. The molecule has 0 saturated heterocycles. The van der Waals surface area contributed by atoms with Gasteiger partial charge in [-0.15, -0.1) is 0 Å². The minimum atomic E-state index is -0.403. The van der Waals surface area contributed by atoms with E-state index in [2.05, 4.69) is 0 Å². The Labute approximate surface area is 150 Å². The van der Waals surface area contributed by atoms with Gasteiger partial charge in [0.05, 0.1) is 39.5 Å². The van der Waals surface area contributed by atoms with E-state index in [0.29, 0.717) is 39.5 Å². The molecule has 1 heterocycles. The number of ether oxygens (including phenoxy) is 4. The van der Waals surface area contributed by atoms with Crippen LogP contribution in [-0.2, 0) is 0 Å². The Morgan fingerprint density at radius 3 is 2.08 bits per heavy atom. The average molecular weight is 357 g/mol. The van der Waals surface area contributed by atoms with Crippen molar-refractivity contribution >= 4 is 22.4 Å². The molecule has 0 atom stereocenters. The number of hydrogen-bond donors (Lipinski definition) is 1. The van der Waals surface area contributed by atoms with E-state index in [9.17, 15) is 4.79 Å². The van der Waals surface area contributed by atoms with Crippen molar-refractivity contribution in [3.63, 3.8) is 0 Å². The second-order valence-electron chi connectivity index (χ2n) is 5.42. The highest BCUT2D eigenvalue weighted by atomic mass is 16.5. The Morgan fingerprint density at radius 2 is 1.54 bits per heavy atom. The van der Waals surface area contributed by atoms with Crippen LogP contribution in [-0.4, -0.2) is 34.2 Å². The topological polar surface area (TPSA) is 93.2 Å². The van der Waals surface area contributed by atoms with Crippen molar-refractivity contribution in [2.75, 3.05) is 34.2 Å². The Kier molecular flexibility index (Phi) is 4.62. The molecule has 0 fully saturated rings. The summed E-state index contributed by atoms with van der Waals surface area (Å²) >= 11 is 0. The van der Waals surface area contributed by atoms with Gasteiger partial charge >= 0.3 is 0 Å². The van der Waals surface area contributed by atoms with Crippen LogP contribution in [0.5, 0.6) is 23.0 Å². The molecule has 1 aromatic heterocycles. The number of nitrogen functional groups attached to an aromatic ring is 1. The highest BCUT2D eigenvalue weighted by molar-refractivity contribution is 6.15. The number of anilines is 1. The highest BCUT2D eigenvalue weighted by Crippen LogP contribution is 2.40. The van der Waals surface area contributed by atoms with E-state index < -0.39 is 5.78 Å². The molecule has 0 aliphatic rings. The maximum absolute atomic E-state index is 13.0. The minimum absolute atomic E-state index is 0.0266. The van der Waals surface area contributed by atoms with Crippen LogP contribution in [0.1, 0.15) is 16.1 Å². The third-order valence-corrected chi connectivity index (χ3v) is 4.07. The standard InChI is InChI=1S/C19H19NO6/c1-22-11-6-5-7-12-15(11)16(20)19(26-12)17(21)10-8-13(23-2)18(25-4)14(9-10)24-3/h5-9H,20H2,1-4H3. The van der Waals surface area contributed by atoms with Crippen molar-refractivity contribution in [3.05, 3.63) is 41.7 Å². The summed E-state index contributed by atoms with van der Waals surface area (Å²) in [6.45, 7) is 0. The number of ketones is 1. The van der Waals surface area contributed by atoms with E-state index >= 15 is 0 Å². The van der Waals surface area contributed by atoms with Crippen molar-refractivity contribution in [2.24, 2.45) is 0 Å². The van der Waals surface area contributed by atoms with Crippen LogP contribution in [0.3, 0.4) is 0 Å². The fourth-order valence-corrected chi connectivity index (χ4v) is 2.82. The van der Waals surface area contributed by atoms with Gasteiger partial charge in [0, 0.05) is 5.56 Å². The summed E-state index contributed by atoms with van der Waals surface area (Å²) in [4.78, 5) is 13.0. The second kappa shape index (κ2) is 6.87. The predicted molar refractivity (Wildman–Crippen MR) is 96.7 cm³/mol. The van der Waals surface area contributed by atoms with Crippen molar-refractivity contribution in [3.8, 4) is 23.0 Å². The first kappa shape index (κ1) is 17.5. The molecule has 0 unspecified atom stereocenters. The van der Waals surface area contributed by atoms with Gasteiger partial charge in [-0.3, -0.25) is 4.79 Å². The van der Waals surface area contributed by atoms with Crippen LogP contribution >= 0.6 is 0 Å². The maximum atomic E-state index is 13.0. The van der Waals surface area contributed by atoms with Crippen LogP contribution in [0.2, 0.25) is 0 Å². The van der Waals surface area contributed by atoms with Crippen molar-refractivity contribution in [2.45, 2.75) is 0 Å². The Hall–Kier alpha value is -3.35. The summed E-state index contributed by atoms with van der Waals surface area (Å²) in [5.41, 5.74) is 7.15. The molecule has 0 amide bonds. The molecule has 0 bridgehead atoms. The zero-order valence-corrected chi connectivity index (χ0v) is 14.9. The molecule has 3 aromatic rings. The highest BCUT2D eigenvalue weighted by Gasteiger charge is 2.25. The minimum Gasteiger partial charge on any atom is -0.496 e. The van der Waals surface area contributed by atoms with Gasteiger partial charge in [-0.25, -0.2) is 0 Å². The number of methoxy groups -OCH3 is 4. The first-order valence-corrected chi connectivity index (χ1v) is 7.75. The fourth-order valence-electron chi connectivity index (χ4n) is 2.82. The SMILES string of the molecule is COc1cc(C(=O)c2oc3cccc(OC)c3c2N)cc(OC)c1OC.